The minimum absolute atomic E-state index is 0.0763. The summed E-state index contributed by atoms with van der Waals surface area (Å²) in [6.45, 7) is 2.18. The molecule has 7 heteroatoms. The molecule has 1 aromatic carbocycles. The molecule has 1 atom stereocenters. The molecule has 1 amide bonds. The molecule has 0 saturated carbocycles. The van der Waals surface area contributed by atoms with Gasteiger partial charge < -0.3 is 16.0 Å². The Labute approximate surface area is 122 Å². The number of hydrogen-bond acceptors (Lipinski definition) is 3. The van der Waals surface area contributed by atoms with Crippen LogP contribution in [0.15, 0.2) is 18.2 Å². The highest BCUT2D eigenvalue weighted by Gasteiger charge is 2.33. The summed E-state index contributed by atoms with van der Waals surface area (Å²) in [5, 5.41) is 2.51. The van der Waals surface area contributed by atoms with E-state index in [-0.39, 0.29) is 29.6 Å². The monoisotopic (exact) mass is 303 g/mol. The van der Waals surface area contributed by atoms with Crippen LogP contribution in [-0.2, 0) is 17.5 Å². The Kier molecular flexibility index (Phi) is 5.60. The number of amides is 1. The van der Waals surface area contributed by atoms with E-state index in [1.165, 1.54) is 19.2 Å². The summed E-state index contributed by atoms with van der Waals surface area (Å²) in [6.07, 6.45) is -4.45. The molecule has 1 rings (SSSR count). The van der Waals surface area contributed by atoms with Gasteiger partial charge in [-0.2, -0.15) is 13.2 Å². The van der Waals surface area contributed by atoms with Gasteiger partial charge in [0.1, 0.15) is 0 Å². The molecule has 0 heterocycles. The van der Waals surface area contributed by atoms with Crippen LogP contribution >= 0.6 is 0 Å². The van der Waals surface area contributed by atoms with Gasteiger partial charge in [0, 0.05) is 31.7 Å². The summed E-state index contributed by atoms with van der Waals surface area (Å²) >= 11 is 0. The molecule has 118 valence electrons. The third kappa shape index (κ3) is 4.93. The summed E-state index contributed by atoms with van der Waals surface area (Å²) in [5.74, 6) is -0.446. The molecule has 4 nitrogen and oxygen atoms in total. The van der Waals surface area contributed by atoms with E-state index in [0.29, 0.717) is 6.54 Å². The Hall–Kier alpha value is -1.76. The molecule has 0 aliphatic heterocycles. The second kappa shape index (κ2) is 6.80. The number of nitrogens with two attached hydrogens (primary N) is 1. The predicted molar refractivity (Wildman–Crippen MR) is 75.4 cm³/mol. The Balaban J connectivity index is 2.86. The number of hydrogen-bond donors (Lipinski definition) is 2. The smallest absolute Gasteiger partial charge is 0.399 e. The van der Waals surface area contributed by atoms with Crippen LogP contribution < -0.4 is 11.1 Å². The summed E-state index contributed by atoms with van der Waals surface area (Å²) in [6, 6.07) is 3.76. The average molecular weight is 303 g/mol. The molecular formula is C14H20F3N3O. The zero-order valence-corrected chi connectivity index (χ0v) is 12.3. The lowest BCUT2D eigenvalue weighted by molar-refractivity contribution is -0.138. The minimum atomic E-state index is -4.45. The Morgan fingerprint density at radius 1 is 1.43 bits per heavy atom. The van der Waals surface area contributed by atoms with Crippen LogP contribution in [0.1, 0.15) is 18.1 Å². The van der Waals surface area contributed by atoms with Gasteiger partial charge in [-0.3, -0.25) is 4.79 Å². The van der Waals surface area contributed by atoms with Gasteiger partial charge in [0.2, 0.25) is 5.91 Å². The van der Waals surface area contributed by atoms with Gasteiger partial charge in [0.15, 0.2) is 0 Å². The maximum absolute atomic E-state index is 13.0. The number of alkyl halides is 3. The molecular weight excluding hydrogens is 283 g/mol. The zero-order chi connectivity index (χ0) is 16.2. The van der Waals surface area contributed by atoms with E-state index in [1.807, 2.05) is 0 Å². The van der Waals surface area contributed by atoms with Crippen LogP contribution in [0.4, 0.5) is 18.9 Å². The fourth-order valence-electron chi connectivity index (χ4n) is 2.15. The van der Waals surface area contributed by atoms with Crippen molar-refractivity contribution in [2.24, 2.45) is 5.92 Å². The van der Waals surface area contributed by atoms with Crippen LogP contribution in [0.25, 0.3) is 0 Å². The van der Waals surface area contributed by atoms with Crippen molar-refractivity contribution < 1.29 is 18.0 Å². The molecule has 0 saturated heterocycles. The fourth-order valence-corrected chi connectivity index (χ4v) is 2.15. The minimum Gasteiger partial charge on any atom is -0.399 e. The van der Waals surface area contributed by atoms with Crippen LogP contribution in [0, 0.1) is 5.92 Å². The average Bonchev–Trinajstić information content (AvgIpc) is 2.38. The first-order valence-corrected chi connectivity index (χ1v) is 6.51. The number of anilines is 1. The summed E-state index contributed by atoms with van der Waals surface area (Å²) < 4.78 is 39.0. The van der Waals surface area contributed by atoms with E-state index in [9.17, 15) is 18.0 Å². The Bertz CT molecular complexity index is 503. The summed E-state index contributed by atoms with van der Waals surface area (Å²) in [4.78, 5) is 13.1. The van der Waals surface area contributed by atoms with Gasteiger partial charge in [-0.1, -0.05) is 13.0 Å². The van der Waals surface area contributed by atoms with Crippen LogP contribution in [-0.4, -0.2) is 31.4 Å². The first-order valence-electron chi connectivity index (χ1n) is 6.51. The second-order valence-electron chi connectivity index (χ2n) is 5.13. The molecule has 1 aromatic rings. The summed E-state index contributed by atoms with van der Waals surface area (Å²) in [7, 11) is 3.20. The van der Waals surface area contributed by atoms with Gasteiger partial charge >= 0.3 is 6.18 Å². The third-order valence-corrected chi connectivity index (χ3v) is 3.16. The molecule has 0 aliphatic carbocycles. The van der Waals surface area contributed by atoms with Gasteiger partial charge in [-0.25, -0.2) is 0 Å². The van der Waals surface area contributed by atoms with Crippen molar-refractivity contribution in [2.75, 3.05) is 26.4 Å². The third-order valence-electron chi connectivity index (χ3n) is 3.16. The van der Waals surface area contributed by atoms with Crippen molar-refractivity contribution in [2.45, 2.75) is 19.6 Å². The highest BCUT2D eigenvalue weighted by atomic mass is 19.4. The lowest BCUT2D eigenvalue weighted by Crippen LogP contribution is -2.34. The fraction of sp³-hybridized carbons (Fsp3) is 0.500. The van der Waals surface area contributed by atoms with Gasteiger partial charge in [0.25, 0.3) is 0 Å². The SMILES string of the molecule is CNC(=O)C(C)CN(C)Cc1ccc(N)cc1C(F)(F)F. The van der Waals surface area contributed by atoms with Crippen LogP contribution in [0.2, 0.25) is 0 Å². The van der Waals surface area contributed by atoms with Crippen molar-refractivity contribution in [1.29, 1.82) is 0 Å². The first kappa shape index (κ1) is 17.3. The second-order valence-corrected chi connectivity index (χ2v) is 5.13. The van der Waals surface area contributed by atoms with E-state index in [0.717, 1.165) is 6.07 Å². The molecule has 0 bridgehead atoms. The number of carbonyl (C=O) groups excluding carboxylic acids is 1. The highest BCUT2D eigenvalue weighted by Crippen LogP contribution is 2.33. The number of carbonyl (C=O) groups is 1. The van der Waals surface area contributed by atoms with E-state index >= 15 is 0 Å². The maximum Gasteiger partial charge on any atom is 0.416 e. The Morgan fingerprint density at radius 2 is 2.05 bits per heavy atom. The molecule has 1 unspecified atom stereocenters. The maximum atomic E-state index is 13.0. The van der Waals surface area contributed by atoms with Gasteiger partial charge in [-0.05, 0) is 24.7 Å². The quantitative estimate of drug-likeness (QED) is 0.819. The molecule has 3 N–H and O–H groups in total. The van der Waals surface area contributed by atoms with E-state index in [1.54, 1.807) is 18.9 Å². The van der Waals surface area contributed by atoms with Crippen LogP contribution in [0.5, 0.6) is 0 Å². The number of nitrogens with one attached hydrogen (secondary N) is 1. The van der Waals surface area contributed by atoms with Crippen molar-refractivity contribution in [1.82, 2.24) is 10.2 Å². The van der Waals surface area contributed by atoms with E-state index in [2.05, 4.69) is 5.32 Å². The number of benzene rings is 1. The standard InChI is InChI=1S/C14H20F3N3O/c1-9(13(21)19-2)7-20(3)8-10-4-5-11(18)6-12(10)14(15,16)17/h4-6,9H,7-8,18H2,1-3H3,(H,19,21). The van der Waals surface area contributed by atoms with E-state index < -0.39 is 11.7 Å². The van der Waals surface area contributed by atoms with Crippen molar-refractivity contribution >= 4 is 11.6 Å². The normalized spacial score (nSPS) is 13.3. The van der Waals surface area contributed by atoms with Crippen molar-refractivity contribution in [3.63, 3.8) is 0 Å². The largest absolute Gasteiger partial charge is 0.416 e. The predicted octanol–water partition coefficient (Wildman–Crippen LogP) is 2.10. The number of nitrogens with zero attached hydrogens (tertiary/aromatic N) is 1. The van der Waals surface area contributed by atoms with Gasteiger partial charge in [0.05, 0.1) is 5.56 Å². The van der Waals surface area contributed by atoms with Gasteiger partial charge in [-0.15, -0.1) is 0 Å². The van der Waals surface area contributed by atoms with Crippen molar-refractivity contribution in [3.8, 4) is 0 Å². The summed E-state index contributed by atoms with van der Waals surface area (Å²) in [5.41, 5.74) is 4.91. The van der Waals surface area contributed by atoms with Crippen molar-refractivity contribution in [3.05, 3.63) is 29.3 Å². The molecule has 0 fully saturated rings. The molecule has 0 spiro atoms. The molecule has 0 radical (unpaired) electrons. The zero-order valence-electron chi connectivity index (χ0n) is 12.3. The van der Waals surface area contributed by atoms with E-state index in [4.69, 9.17) is 5.73 Å². The number of halogens is 3. The lowest BCUT2D eigenvalue weighted by Gasteiger charge is -2.22. The first-order chi connectivity index (χ1) is 9.65. The lowest BCUT2D eigenvalue weighted by atomic mass is 10.0. The Morgan fingerprint density at radius 3 is 2.57 bits per heavy atom. The topological polar surface area (TPSA) is 58.4 Å². The van der Waals surface area contributed by atoms with Crippen LogP contribution in [0.3, 0.4) is 0 Å². The number of nitrogen functional groups attached to an aromatic ring is 1. The highest BCUT2D eigenvalue weighted by molar-refractivity contribution is 5.78. The molecule has 21 heavy (non-hydrogen) atoms. The molecule has 0 aromatic heterocycles. The number of rotatable bonds is 5. The molecule has 0 aliphatic rings.